The summed E-state index contributed by atoms with van der Waals surface area (Å²) in [5, 5.41) is 13.2. The number of carbonyl (C=O) groups is 3. The second kappa shape index (κ2) is 6.44. The molecular formula is C10H14F3N3O4. The van der Waals surface area contributed by atoms with Gasteiger partial charge in [-0.2, -0.15) is 13.2 Å². The summed E-state index contributed by atoms with van der Waals surface area (Å²) in [6, 6.07) is -1.48. The van der Waals surface area contributed by atoms with Crippen LogP contribution in [-0.2, 0) is 9.59 Å². The average molecular weight is 297 g/mol. The summed E-state index contributed by atoms with van der Waals surface area (Å²) in [5.41, 5.74) is 0. The standard InChI is InChI=1S/C10H14F3N3O4/c11-10(12,13)5-16(4-8(18)19)9(20)14-3-6-1-2-7(17)15-6/h6H,1-5H2,(H,14,20)(H,15,17)(H,18,19). The molecule has 3 amide bonds. The van der Waals surface area contributed by atoms with Crippen LogP contribution in [0, 0.1) is 0 Å². The zero-order chi connectivity index (χ0) is 15.3. The second-order valence-electron chi connectivity index (χ2n) is 4.35. The molecule has 1 unspecified atom stereocenters. The van der Waals surface area contributed by atoms with Crippen LogP contribution in [0.2, 0.25) is 0 Å². The summed E-state index contributed by atoms with van der Waals surface area (Å²) in [6.07, 6.45) is -3.92. The Labute approximate surface area is 112 Å². The number of nitrogens with zero attached hydrogens (tertiary/aromatic N) is 1. The van der Waals surface area contributed by atoms with Crippen molar-refractivity contribution in [3.8, 4) is 0 Å². The van der Waals surface area contributed by atoms with Crippen molar-refractivity contribution in [2.24, 2.45) is 0 Å². The molecule has 1 aliphatic rings. The first-order valence-corrected chi connectivity index (χ1v) is 5.78. The summed E-state index contributed by atoms with van der Waals surface area (Å²) in [5.74, 6) is -1.74. The highest BCUT2D eigenvalue weighted by Gasteiger charge is 2.34. The number of halogens is 3. The quantitative estimate of drug-likeness (QED) is 0.661. The minimum Gasteiger partial charge on any atom is -0.480 e. The molecule has 114 valence electrons. The molecule has 0 spiro atoms. The van der Waals surface area contributed by atoms with Crippen LogP contribution in [0.4, 0.5) is 18.0 Å². The fourth-order valence-electron chi connectivity index (χ4n) is 1.73. The summed E-state index contributed by atoms with van der Waals surface area (Å²) >= 11 is 0. The molecule has 1 atom stereocenters. The Balaban J connectivity index is 2.49. The zero-order valence-corrected chi connectivity index (χ0v) is 10.4. The first kappa shape index (κ1) is 16.1. The van der Waals surface area contributed by atoms with Crippen molar-refractivity contribution < 1.29 is 32.7 Å². The molecule has 20 heavy (non-hydrogen) atoms. The predicted molar refractivity (Wildman–Crippen MR) is 59.8 cm³/mol. The molecule has 3 N–H and O–H groups in total. The Bertz CT molecular complexity index is 400. The van der Waals surface area contributed by atoms with Gasteiger partial charge in [0.2, 0.25) is 5.91 Å². The van der Waals surface area contributed by atoms with E-state index in [-0.39, 0.29) is 23.4 Å². The van der Waals surface area contributed by atoms with Crippen LogP contribution in [0.3, 0.4) is 0 Å². The number of rotatable bonds is 5. The van der Waals surface area contributed by atoms with Gasteiger partial charge in [-0.25, -0.2) is 4.79 Å². The summed E-state index contributed by atoms with van der Waals surface area (Å²) in [6.45, 7) is -2.75. The van der Waals surface area contributed by atoms with Crippen molar-refractivity contribution in [3.05, 3.63) is 0 Å². The van der Waals surface area contributed by atoms with E-state index in [1.807, 2.05) is 0 Å². The number of carbonyl (C=O) groups excluding carboxylic acids is 2. The van der Waals surface area contributed by atoms with Gasteiger partial charge >= 0.3 is 18.2 Å². The van der Waals surface area contributed by atoms with Crippen LogP contribution >= 0.6 is 0 Å². The monoisotopic (exact) mass is 297 g/mol. The van der Waals surface area contributed by atoms with Gasteiger partial charge in [0.15, 0.2) is 0 Å². The molecule has 1 fully saturated rings. The number of hydrogen-bond donors (Lipinski definition) is 3. The van der Waals surface area contributed by atoms with Gasteiger partial charge < -0.3 is 20.6 Å². The van der Waals surface area contributed by atoms with E-state index in [9.17, 15) is 27.6 Å². The van der Waals surface area contributed by atoms with Gasteiger partial charge in [-0.15, -0.1) is 0 Å². The van der Waals surface area contributed by atoms with Crippen molar-refractivity contribution in [1.29, 1.82) is 0 Å². The Morgan fingerprint density at radius 1 is 1.45 bits per heavy atom. The number of carboxylic acids is 1. The van der Waals surface area contributed by atoms with Crippen molar-refractivity contribution in [2.45, 2.75) is 25.1 Å². The molecule has 1 saturated heterocycles. The maximum Gasteiger partial charge on any atom is 0.406 e. The molecule has 0 saturated carbocycles. The Kier molecular flexibility index (Phi) is 5.17. The summed E-state index contributed by atoms with van der Waals surface area (Å²) in [4.78, 5) is 33.0. The third-order valence-corrected chi connectivity index (χ3v) is 2.57. The number of amides is 3. The molecule has 0 aromatic carbocycles. The normalized spacial score (nSPS) is 18.6. The van der Waals surface area contributed by atoms with E-state index in [1.165, 1.54) is 0 Å². The van der Waals surface area contributed by atoms with Gasteiger partial charge in [0.1, 0.15) is 13.1 Å². The lowest BCUT2D eigenvalue weighted by Gasteiger charge is -2.23. The third-order valence-electron chi connectivity index (χ3n) is 2.57. The van der Waals surface area contributed by atoms with Gasteiger partial charge in [0.25, 0.3) is 0 Å². The fraction of sp³-hybridized carbons (Fsp3) is 0.700. The number of urea groups is 1. The number of nitrogens with one attached hydrogen (secondary N) is 2. The van der Waals surface area contributed by atoms with Crippen molar-refractivity contribution in [3.63, 3.8) is 0 Å². The van der Waals surface area contributed by atoms with E-state index in [0.29, 0.717) is 12.8 Å². The molecule has 0 aliphatic carbocycles. The van der Waals surface area contributed by atoms with Gasteiger partial charge in [-0.05, 0) is 6.42 Å². The highest BCUT2D eigenvalue weighted by atomic mass is 19.4. The Morgan fingerprint density at radius 3 is 2.55 bits per heavy atom. The zero-order valence-electron chi connectivity index (χ0n) is 10.4. The van der Waals surface area contributed by atoms with Crippen LogP contribution in [0.25, 0.3) is 0 Å². The lowest BCUT2D eigenvalue weighted by Crippen LogP contribution is -2.49. The van der Waals surface area contributed by atoms with E-state index in [0.717, 1.165) is 0 Å². The second-order valence-corrected chi connectivity index (χ2v) is 4.35. The van der Waals surface area contributed by atoms with E-state index in [2.05, 4.69) is 10.6 Å². The topological polar surface area (TPSA) is 98.7 Å². The highest BCUT2D eigenvalue weighted by molar-refractivity contribution is 5.81. The van der Waals surface area contributed by atoms with E-state index >= 15 is 0 Å². The largest absolute Gasteiger partial charge is 0.480 e. The van der Waals surface area contributed by atoms with Gasteiger partial charge in [-0.3, -0.25) is 9.59 Å². The number of hydrogen-bond acceptors (Lipinski definition) is 3. The van der Waals surface area contributed by atoms with Gasteiger partial charge in [-0.1, -0.05) is 0 Å². The van der Waals surface area contributed by atoms with Gasteiger partial charge in [0.05, 0.1) is 0 Å². The van der Waals surface area contributed by atoms with Crippen LogP contribution in [0.15, 0.2) is 0 Å². The van der Waals surface area contributed by atoms with E-state index in [4.69, 9.17) is 5.11 Å². The minimum absolute atomic E-state index is 0.0431. The summed E-state index contributed by atoms with van der Waals surface area (Å²) < 4.78 is 36.7. The molecular weight excluding hydrogens is 283 g/mol. The molecule has 1 rings (SSSR count). The average Bonchev–Trinajstić information content (AvgIpc) is 2.68. The van der Waals surface area contributed by atoms with Crippen LogP contribution < -0.4 is 10.6 Å². The molecule has 1 aliphatic heterocycles. The van der Waals surface area contributed by atoms with Gasteiger partial charge in [0, 0.05) is 19.0 Å². The Hall–Kier alpha value is -2.00. The molecule has 0 aromatic rings. The minimum atomic E-state index is -4.69. The molecule has 0 aromatic heterocycles. The lowest BCUT2D eigenvalue weighted by molar-refractivity contribution is -0.149. The number of carboxylic acid groups (broad SMARTS) is 1. The molecule has 7 nitrogen and oxygen atoms in total. The molecule has 10 heteroatoms. The first-order valence-electron chi connectivity index (χ1n) is 5.78. The van der Waals surface area contributed by atoms with Crippen molar-refractivity contribution in [1.82, 2.24) is 15.5 Å². The summed E-state index contributed by atoms with van der Waals surface area (Å²) in [7, 11) is 0. The van der Waals surface area contributed by atoms with Crippen LogP contribution in [-0.4, -0.2) is 59.8 Å². The lowest BCUT2D eigenvalue weighted by atomic mass is 10.2. The number of alkyl halides is 3. The first-order chi connectivity index (χ1) is 9.17. The van der Waals surface area contributed by atoms with Crippen LogP contribution in [0.5, 0.6) is 0 Å². The highest BCUT2D eigenvalue weighted by Crippen LogP contribution is 2.16. The van der Waals surface area contributed by atoms with Crippen LogP contribution in [0.1, 0.15) is 12.8 Å². The molecule has 0 bridgehead atoms. The van der Waals surface area contributed by atoms with E-state index in [1.54, 1.807) is 0 Å². The maximum atomic E-state index is 12.2. The number of aliphatic carboxylic acids is 1. The van der Waals surface area contributed by atoms with Crippen molar-refractivity contribution >= 4 is 17.9 Å². The Morgan fingerprint density at radius 2 is 2.10 bits per heavy atom. The molecule has 1 heterocycles. The SMILES string of the molecule is O=C(O)CN(CC(F)(F)F)C(=O)NCC1CCC(=O)N1. The fourth-order valence-corrected chi connectivity index (χ4v) is 1.73. The smallest absolute Gasteiger partial charge is 0.406 e. The third kappa shape index (κ3) is 5.76. The molecule has 0 radical (unpaired) electrons. The van der Waals surface area contributed by atoms with Crippen molar-refractivity contribution in [2.75, 3.05) is 19.6 Å². The van der Waals surface area contributed by atoms with E-state index < -0.39 is 31.3 Å². The predicted octanol–water partition coefficient (Wildman–Crippen LogP) is -0.0765. The maximum absolute atomic E-state index is 12.2.